The average molecular weight is 346 g/mol. The predicted molar refractivity (Wildman–Crippen MR) is 87.5 cm³/mol. The van der Waals surface area contributed by atoms with Gasteiger partial charge < -0.3 is 10.5 Å². The quantitative estimate of drug-likeness (QED) is 0.721. The largest absolute Gasteiger partial charge is 0.496 e. The fraction of sp³-hybridized carbons (Fsp3) is 0.0667. The first kappa shape index (κ1) is 15.8. The van der Waals surface area contributed by atoms with E-state index in [9.17, 15) is 13.2 Å². The maximum Gasteiger partial charge on any atom is 0.261 e. The zero-order chi connectivity index (χ0) is 17.3. The summed E-state index contributed by atoms with van der Waals surface area (Å²) in [4.78, 5) is 11.4. The fourth-order valence-electron chi connectivity index (χ4n) is 2.25. The molecule has 3 N–H and O–H groups in total. The number of carbonyl (C=O) groups excluding carboxylic acids is 1. The van der Waals surface area contributed by atoms with Crippen LogP contribution in [0.1, 0.15) is 10.4 Å². The van der Waals surface area contributed by atoms with Crippen LogP contribution in [-0.2, 0) is 10.0 Å². The number of anilines is 1. The molecule has 0 unspecified atom stereocenters. The second-order valence-electron chi connectivity index (χ2n) is 4.95. The second kappa shape index (κ2) is 5.85. The monoisotopic (exact) mass is 346 g/mol. The Kier molecular flexibility index (Phi) is 3.86. The summed E-state index contributed by atoms with van der Waals surface area (Å²) < 4.78 is 34.1. The summed E-state index contributed by atoms with van der Waals surface area (Å²) in [6, 6.07) is 8.87. The third kappa shape index (κ3) is 2.88. The minimum Gasteiger partial charge on any atom is -0.496 e. The van der Waals surface area contributed by atoms with Crippen LogP contribution in [0.25, 0.3) is 5.52 Å². The van der Waals surface area contributed by atoms with Crippen molar-refractivity contribution in [3.63, 3.8) is 0 Å². The highest BCUT2D eigenvalue weighted by atomic mass is 32.2. The number of carbonyl (C=O) groups is 1. The number of nitrogens with zero attached hydrogens (tertiary/aromatic N) is 2. The van der Waals surface area contributed by atoms with Crippen LogP contribution in [0.3, 0.4) is 0 Å². The number of nitrogens with one attached hydrogen (secondary N) is 1. The van der Waals surface area contributed by atoms with Gasteiger partial charge in [-0.25, -0.2) is 12.9 Å². The molecule has 2 heterocycles. The van der Waals surface area contributed by atoms with Gasteiger partial charge in [-0.1, -0.05) is 0 Å². The van der Waals surface area contributed by atoms with E-state index in [1.165, 1.54) is 25.3 Å². The smallest absolute Gasteiger partial charge is 0.261 e. The highest BCUT2D eigenvalue weighted by molar-refractivity contribution is 7.92. The zero-order valence-electron chi connectivity index (χ0n) is 12.6. The molecule has 0 aliphatic rings. The van der Waals surface area contributed by atoms with Gasteiger partial charge in [0.2, 0.25) is 0 Å². The summed E-state index contributed by atoms with van der Waals surface area (Å²) in [5.41, 5.74) is 6.37. The number of rotatable bonds is 5. The Labute approximate surface area is 137 Å². The van der Waals surface area contributed by atoms with Crippen molar-refractivity contribution >= 4 is 27.1 Å². The molecule has 3 aromatic rings. The van der Waals surface area contributed by atoms with Crippen molar-refractivity contribution in [3.05, 3.63) is 54.4 Å². The topological polar surface area (TPSA) is 116 Å². The average Bonchev–Trinajstić information content (AvgIpc) is 3.01. The Morgan fingerprint density at radius 1 is 1.25 bits per heavy atom. The summed E-state index contributed by atoms with van der Waals surface area (Å²) in [6.45, 7) is 0. The lowest BCUT2D eigenvalue weighted by Gasteiger charge is -2.11. The van der Waals surface area contributed by atoms with Crippen molar-refractivity contribution in [3.8, 4) is 5.75 Å². The van der Waals surface area contributed by atoms with Crippen LogP contribution in [0.4, 0.5) is 5.69 Å². The molecule has 3 rings (SSSR count). The highest BCUT2D eigenvalue weighted by Crippen LogP contribution is 2.24. The Morgan fingerprint density at radius 2 is 2.04 bits per heavy atom. The lowest BCUT2D eigenvalue weighted by molar-refractivity contribution is 0.0997. The maximum absolute atomic E-state index is 12.5. The molecule has 24 heavy (non-hydrogen) atoms. The molecule has 0 saturated heterocycles. The van der Waals surface area contributed by atoms with Crippen LogP contribution in [0.2, 0.25) is 0 Å². The molecular weight excluding hydrogens is 332 g/mol. The Hall–Kier alpha value is -3.07. The van der Waals surface area contributed by atoms with Gasteiger partial charge in [0.25, 0.3) is 15.9 Å². The Bertz CT molecular complexity index is 1030. The van der Waals surface area contributed by atoms with Crippen LogP contribution in [0.5, 0.6) is 5.75 Å². The number of primary amides is 1. The normalized spacial score (nSPS) is 11.4. The molecule has 0 aliphatic heterocycles. The van der Waals surface area contributed by atoms with Crippen LogP contribution in [0.15, 0.2) is 53.7 Å². The molecule has 0 aliphatic carbocycles. The number of fused-ring (bicyclic) bond motifs is 1. The SMILES string of the molecule is COc1ccc(S(=O)(=O)Nc2ccn3nccc3c2)cc1C(N)=O. The van der Waals surface area contributed by atoms with Crippen molar-refractivity contribution in [1.29, 1.82) is 0 Å². The first-order valence-electron chi connectivity index (χ1n) is 6.85. The lowest BCUT2D eigenvalue weighted by atomic mass is 10.2. The van der Waals surface area contributed by atoms with Crippen LogP contribution in [0, 0.1) is 0 Å². The molecule has 9 heteroatoms. The third-order valence-electron chi connectivity index (χ3n) is 3.40. The number of methoxy groups -OCH3 is 1. The van der Waals surface area contributed by atoms with E-state index >= 15 is 0 Å². The van der Waals surface area contributed by atoms with Gasteiger partial charge in [-0.2, -0.15) is 5.10 Å². The molecule has 0 fully saturated rings. The van der Waals surface area contributed by atoms with E-state index in [0.717, 1.165) is 5.52 Å². The summed E-state index contributed by atoms with van der Waals surface area (Å²) in [5, 5.41) is 4.04. The summed E-state index contributed by atoms with van der Waals surface area (Å²) >= 11 is 0. The van der Waals surface area contributed by atoms with Crippen LogP contribution < -0.4 is 15.2 Å². The maximum atomic E-state index is 12.5. The van der Waals surface area contributed by atoms with E-state index in [1.807, 2.05) is 0 Å². The Balaban J connectivity index is 1.97. The first-order valence-corrected chi connectivity index (χ1v) is 8.33. The molecule has 0 atom stereocenters. The van der Waals surface area contributed by atoms with Gasteiger partial charge >= 0.3 is 0 Å². The molecule has 1 amide bonds. The molecule has 0 radical (unpaired) electrons. The van der Waals surface area contributed by atoms with E-state index in [4.69, 9.17) is 10.5 Å². The number of benzene rings is 1. The van der Waals surface area contributed by atoms with Crippen LogP contribution >= 0.6 is 0 Å². The van der Waals surface area contributed by atoms with Crippen molar-refractivity contribution < 1.29 is 17.9 Å². The molecule has 2 aromatic heterocycles. The predicted octanol–water partition coefficient (Wildman–Crippen LogP) is 1.24. The van der Waals surface area contributed by atoms with E-state index in [0.29, 0.717) is 5.69 Å². The van der Waals surface area contributed by atoms with Crippen molar-refractivity contribution in [2.75, 3.05) is 11.8 Å². The van der Waals surface area contributed by atoms with Crippen molar-refractivity contribution in [1.82, 2.24) is 9.61 Å². The molecule has 8 nitrogen and oxygen atoms in total. The molecular formula is C15H14N4O4S. The summed E-state index contributed by atoms with van der Waals surface area (Å²) in [7, 11) is -2.52. The standard InChI is InChI=1S/C15H14N4O4S/c1-23-14-3-2-12(9-13(14)15(16)20)24(21,22)18-10-5-7-19-11(8-10)4-6-17-19/h2-9,18H,1H3,(H2,16,20). The second-order valence-corrected chi connectivity index (χ2v) is 6.63. The molecule has 0 bridgehead atoms. The third-order valence-corrected chi connectivity index (χ3v) is 4.78. The van der Waals surface area contributed by atoms with Gasteiger partial charge in [-0.3, -0.25) is 9.52 Å². The van der Waals surface area contributed by atoms with E-state index < -0.39 is 15.9 Å². The minimum absolute atomic E-state index is 0.00776. The van der Waals surface area contributed by atoms with Gasteiger partial charge in [0.05, 0.1) is 28.8 Å². The van der Waals surface area contributed by atoms with Gasteiger partial charge in [-0.15, -0.1) is 0 Å². The van der Waals surface area contributed by atoms with Gasteiger partial charge in [0, 0.05) is 12.4 Å². The fourth-order valence-corrected chi connectivity index (χ4v) is 3.32. The van der Waals surface area contributed by atoms with E-state index in [2.05, 4.69) is 9.82 Å². The molecule has 0 spiro atoms. The number of amides is 1. The van der Waals surface area contributed by atoms with E-state index in [1.54, 1.807) is 35.1 Å². The number of hydrogen-bond donors (Lipinski definition) is 2. The molecule has 124 valence electrons. The summed E-state index contributed by atoms with van der Waals surface area (Å²) in [6.07, 6.45) is 3.24. The number of aromatic nitrogens is 2. The number of sulfonamides is 1. The number of nitrogens with two attached hydrogens (primary N) is 1. The molecule has 1 aromatic carbocycles. The number of hydrogen-bond acceptors (Lipinski definition) is 5. The highest BCUT2D eigenvalue weighted by Gasteiger charge is 2.19. The Morgan fingerprint density at radius 3 is 2.75 bits per heavy atom. The lowest BCUT2D eigenvalue weighted by Crippen LogP contribution is -2.16. The van der Waals surface area contributed by atoms with Crippen molar-refractivity contribution in [2.45, 2.75) is 4.90 Å². The van der Waals surface area contributed by atoms with Gasteiger partial charge in [-0.05, 0) is 36.4 Å². The zero-order valence-corrected chi connectivity index (χ0v) is 13.4. The first-order chi connectivity index (χ1) is 11.4. The number of ether oxygens (including phenoxy) is 1. The van der Waals surface area contributed by atoms with Crippen molar-refractivity contribution in [2.24, 2.45) is 5.73 Å². The summed E-state index contributed by atoms with van der Waals surface area (Å²) in [5.74, 6) is -0.563. The van der Waals surface area contributed by atoms with Gasteiger partial charge in [0.15, 0.2) is 0 Å². The van der Waals surface area contributed by atoms with Crippen LogP contribution in [-0.4, -0.2) is 31.0 Å². The molecule has 0 saturated carbocycles. The van der Waals surface area contributed by atoms with E-state index in [-0.39, 0.29) is 16.2 Å². The van der Waals surface area contributed by atoms with Gasteiger partial charge in [0.1, 0.15) is 5.75 Å². The number of pyridine rings is 1. The minimum atomic E-state index is -3.89.